The van der Waals surface area contributed by atoms with E-state index in [2.05, 4.69) is 60.3 Å². The first kappa shape index (κ1) is 21.4. The second-order valence-electron chi connectivity index (χ2n) is 9.18. The van der Waals surface area contributed by atoms with Crippen LogP contribution in [0, 0.1) is 19.8 Å². The van der Waals surface area contributed by atoms with Gasteiger partial charge in [0.25, 0.3) is 5.56 Å². The van der Waals surface area contributed by atoms with Crippen LogP contribution in [0.25, 0.3) is 11.2 Å². The van der Waals surface area contributed by atoms with Crippen molar-refractivity contribution in [1.29, 1.82) is 0 Å². The number of benzene rings is 1. The number of fused-ring (bicyclic) bond motifs is 3. The first-order valence-corrected chi connectivity index (χ1v) is 11.4. The summed E-state index contributed by atoms with van der Waals surface area (Å²) < 4.78 is 5.08. The van der Waals surface area contributed by atoms with Crippen molar-refractivity contribution in [2.75, 3.05) is 11.4 Å². The fourth-order valence-corrected chi connectivity index (χ4v) is 4.80. The summed E-state index contributed by atoms with van der Waals surface area (Å²) in [5.74, 6) is 1.24. The lowest BCUT2D eigenvalue weighted by Gasteiger charge is -2.27. The van der Waals surface area contributed by atoms with Gasteiger partial charge in [-0.05, 0) is 43.5 Å². The molecule has 3 heterocycles. The van der Waals surface area contributed by atoms with Gasteiger partial charge in [0.1, 0.15) is 5.69 Å². The Kier molecular flexibility index (Phi) is 5.77. The maximum absolute atomic E-state index is 13.4. The van der Waals surface area contributed by atoms with Crippen LogP contribution in [0.15, 0.2) is 27.8 Å². The van der Waals surface area contributed by atoms with Crippen LogP contribution in [-0.2, 0) is 20.1 Å². The smallest absolute Gasteiger partial charge is 0.267 e. The Morgan fingerprint density at radius 2 is 1.81 bits per heavy atom. The van der Waals surface area contributed by atoms with Gasteiger partial charge in [0.05, 0.1) is 13.1 Å². The molecule has 0 amide bonds. The fourth-order valence-electron chi connectivity index (χ4n) is 4.80. The van der Waals surface area contributed by atoms with Gasteiger partial charge in [-0.3, -0.25) is 13.9 Å². The molecular weight excluding hydrogens is 390 g/mol. The SMILES string of the molecule is CCCCCCn1c(=O)c2c([nH]c3[n+]2C[C@H](C)CN3c2cc(C)cc(C)c2)n(C)c1=O. The number of hydrogen-bond donors (Lipinski definition) is 1. The maximum atomic E-state index is 13.4. The van der Waals surface area contributed by atoms with Crippen molar-refractivity contribution in [2.45, 2.75) is 66.5 Å². The van der Waals surface area contributed by atoms with Crippen LogP contribution in [0.3, 0.4) is 0 Å². The largest absolute Gasteiger partial charge is 0.364 e. The summed E-state index contributed by atoms with van der Waals surface area (Å²) in [6.45, 7) is 10.6. The lowest BCUT2D eigenvalue weighted by Crippen LogP contribution is -2.52. The van der Waals surface area contributed by atoms with E-state index in [4.69, 9.17) is 0 Å². The summed E-state index contributed by atoms with van der Waals surface area (Å²) in [6, 6.07) is 6.51. The zero-order valence-corrected chi connectivity index (χ0v) is 19.4. The van der Waals surface area contributed by atoms with Crippen molar-refractivity contribution in [2.24, 2.45) is 13.0 Å². The van der Waals surface area contributed by atoms with Gasteiger partial charge in [-0.25, -0.2) is 19.2 Å². The first-order valence-electron chi connectivity index (χ1n) is 11.4. The third-order valence-electron chi connectivity index (χ3n) is 6.28. The summed E-state index contributed by atoms with van der Waals surface area (Å²) in [5, 5.41) is 0. The van der Waals surface area contributed by atoms with Gasteiger partial charge in [-0.2, -0.15) is 0 Å². The number of aryl methyl sites for hydroxylation is 3. The van der Waals surface area contributed by atoms with Gasteiger partial charge in [0.2, 0.25) is 11.2 Å². The standard InChI is InChI=1S/C24H33N5O2/c1-6-7-8-9-10-27-22(30)20-21(26(5)24(27)31)25-23-28(14-18(4)15-29(20)23)19-12-16(2)11-17(3)13-19/h11-13,18H,6-10,14-15H2,1-5H3/p+1/t18-/m1/s1. The molecule has 2 aromatic heterocycles. The molecule has 0 bridgehead atoms. The van der Waals surface area contributed by atoms with Crippen molar-refractivity contribution in [3.8, 4) is 0 Å². The quantitative estimate of drug-likeness (QED) is 0.488. The number of aromatic nitrogens is 4. The third kappa shape index (κ3) is 3.82. The van der Waals surface area contributed by atoms with Crippen LogP contribution < -0.4 is 20.7 Å². The predicted molar refractivity (Wildman–Crippen MR) is 124 cm³/mol. The minimum absolute atomic E-state index is 0.188. The van der Waals surface area contributed by atoms with Crippen LogP contribution in [0.4, 0.5) is 11.6 Å². The normalized spacial score (nSPS) is 16.2. The molecule has 1 aliphatic heterocycles. The van der Waals surface area contributed by atoms with E-state index in [-0.39, 0.29) is 11.2 Å². The Hall–Kier alpha value is -2.83. The highest BCUT2D eigenvalue weighted by Gasteiger charge is 2.36. The minimum atomic E-state index is -0.251. The van der Waals surface area contributed by atoms with Crippen LogP contribution in [0.5, 0.6) is 0 Å². The summed E-state index contributed by atoms with van der Waals surface area (Å²) in [7, 11) is 1.75. The van der Waals surface area contributed by atoms with E-state index in [0.717, 1.165) is 50.4 Å². The first-order chi connectivity index (χ1) is 14.8. The maximum Gasteiger partial charge on any atom is 0.364 e. The highest BCUT2D eigenvalue weighted by molar-refractivity contribution is 5.70. The summed E-state index contributed by atoms with van der Waals surface area (Å²) in [5.41, 5.74) is 4.27. The van der Waals surface area contributed by atoms with E-state index in [0.29, 0.717) is 23.6 Å². The lowest BCUT2D eigenvalue weighted by molar-refractivity contribution is -0.669. The molecule has 0 unspecified atom stereocenters. The van der Waals surface area contributed by atoms with Gasteiger partial charge in [-0.1, -0.05) is 39.2 Å². The molecule has 4 rings (SSSR count). The number of nitrogens with one attached hydrogen (secondary N) is 1. The molecule has 7 nitrogen and oxygen atoms in total. The number of anilines is 2. The molecule has 7 heteroatoms. The van der Waals surface area contributed by atoms with Gasteiger partial charge in [-0.15, -0.1) is 0 Å². The van der Waals surface area contributed by atoms with Crippen LogP contribution >= 0.6 is 0 Å². The van der Waals surface area contributed by atoms with Crippen molar-refractivity contribution in [1.82, 2.24) is 14.1 Å². The zero-order valence-electron chi connectivity index (χ0n) is 19.4. The van der Waals surface area contributed by atoms with Gasteiger partial charge in [0, 0.05) is 19.5 Å². The Labute approximate surface area is 182 Å². The Morgan fingerprint density at radius 3 is 2.48 bits per heavy atom. The number of nitrogens with zero attached hydrogens (tertiary/aromatic N) is 4. The second-order valence-corrected chi connectivity index (χ2v) is 9.18. The average Bonchev–Trinajstić information content (AvgIpc) is 3.10. The molecule has 166 valence electrons. The third-order valence-corrected chi connectivity index (χ3v) is 6.28. The summed E-state index contributed by atoms with van der Waals surface area (Å²) in [4.78, 5) is 32.1. The Bertz CT molecular complexity index is 1210. The van der Waals surface area contributed by atoms with Crippen LogP contribution in [-0.4, -0.2) is 20.7 Å². The molecule has 0 aliphatic carbocycles. The Morgan fingerprint density at radius 1 is 1.10 bits per heavy atom. The van der Waals surface area contributed by atoms with E-state index < -0.39 is 0 Å². The summed E-state index contributed by atoms with van der Waals surface area (Å²) in [6.07, 6.45) is 4.12. The van der Waals surface area contributed by atoms with Gasteiger partial charge < -0.3 is 0 Å². The van der Waals surface area contributed by atoms with Crippen molar-refractivity contribution >= 4 is 22.8 Å². The molecule has 1 atom stereocenters. The molecule has 1 N–H and O–H groups in total. The number of H-pyrrole nitrogens is 1. The highest BCUT2D eigenvalue weighted by atomic mass is 16.2. The molecule has 0 saturated heterocycles. The van der Waals surface area contributed by atoms with Crippen LogP contribution in [0.2, 0.25) is 0 Å². The second kappa shape index (κ2) is 8.36. The topological polar surface area (TPSA) is 66.9 Å². The Balaban J connectivity index is 1.88. The van der Waals surface area contributed by atoms with E-state index in [1.165, 1.54) is 15.7 Å². The predicted octanol–water partition coefficient (Wildman–Crippen LogP) is 3.30. The monoisotopic (exact) mass is 424 g/mol. The van der Waals surface area contributed by atoms with Crippen molar-refractivity contribution < 1.29 is 4.57 Å². The number of imidazole rings is 1. The van der Waals surface area contributed by atoms with E-state index in [1.54, 1.807) is 11.6 Å². The van der Waals surface area contributed by atoms with E-state index in [1.807, 2.05) is 0 Å². The fraction of sp³-hybridized carbons (Fsp3) is 0.542. The highest BCUT2D eigenvalue weighted by Crippen LogP contribution is 2.29. The molecule has 0 radical (unpaired) electrons. The molecule has 31 heavy (non-hydrogen) atoms. The number of rotatable bonds is 6. The molecule has 0 fully saturated rings. The average molecular weight is 425 g/mol. The van der Waals surface area contributed by atoms with Gasteiger partial charge >= 0.3 is 11.6 Å². The summed E-state index contributed by atoms with van der Waals surface area (Å²) >= 11 is 0. The van der Waals surface area contributed by atoms with E-state index in [9.17, 15) is 9.59 Å². The number of aromatic amines is 1. The molecule has 1 aromatic carbocycles. The minimum Gasteiger partial charge on any atom is -0.267 e. The molecule has 0 saturated carbocycles. The van der Waals surface area contributed by atoms with Crippen molar-refractivity contribution in [3.63, 3.8) is 0 Å². The van der Waals surface area contributed by atoms with Crippen molar-refractivity contribution in [3.05, 3.63) is 50.2 Å². The molecular formula is C24H34N5O2+. The molecule has 3 aromatic rings. The number of hydrogen-bond acceptors (Lipinski definition) is 3. The lowest BCUT2D eigenvalue weighted by atomic mass is 10.1. The van der Waals surface area contributed by atoms with E-state index >= 15 is 0 Å². The zero-order chi connectivity index (χ0) is 22.3. The van der Waals surface area contributed by atoms with Crippen LogP contribution in [0.1, 0.15) is 50.7 Å². The molecule has 1 aliphatic rings. The molecule has 0 spiro atoms. The van der Waals surface area contributed by atoms with Gasteiger partial charge in [0.15, 0.2) is 0 Å². The number of unbranched alkanes of at least 4 members (excludes halogenated alkanes) is 3.